The van der Waals surface area contributed by atoms with Crippen LogP contribution in [-0.2, 0) is 9.53 Å². The van der Waals surface area contributed by atoms with Crippen molar-refractivity contribution in [3.8, 4) is 0 Å². The van der Waals surface area contributed by atoms with E-state index < -0.39 is 0 Å². The molecule has 0 saturated carbocycles. The highest BCUT2D eigenvalue weighted by molar-refractivity contribution is 9.10. The SMILES string of the molecule is CN=C(NCCCCSc1ccccc1Br)N1CCC(C(=O)OC)CC1. The van der Waals surface area contributed by atoms with Gasteiger partial charge >= 0.3 is 5.97 Å². The fourth-order valence-corrected chi connectivity index (χ4v) is 4.57. The van der Waals surface area contributed by atoms with Gasteiger partial charge in [-0.3, -0.25) is 9.79 Å². The number of thioether (sulfide) groups is 1. The zero-order valence-electron chi connectivity index (χ0n) is 15.5. The van der Waals surface area contributed by atoms with E-state index in [1.807, 2.05) is 24.9 Å². The molecule has 0 aliphatic carbocycles. The number of ether oxygens (including phenoxy) is 1. The summed E-state index contributed by atoms with van der Waals surface area (Å²) in [7, 11) is 3.28. The van der Waals surface area contributed by atoms with Gasteiger partial charge < -0.3 is 15.0 Å². The molecule has 5 nitrogen and oxygen atoms in total. The predicted octanol–water partition coefficient (Wildman–Crippen LogP) is 3.78. The van der Waals surface area contributed by atoms with Gasteiger partial charge in [-0.05, 0) is 59.5 Å². The second-order valence-electron chi connectivity index (χ2n) is 6.24. The number of hydrogen-bond donors (Lipinski definition) is 1. The summed E-state index contributed by atoms with van der Waals surface area (Å²) in [6, 6.07) is 8.34. The van der Waals surface area contributed by atoms with E-state index in [0.717, 1.165) is 57.0 Å². The van der Waals surface area contributed by atoms with Crippen molar-refractivity contribution in [2.75, 3.05) is 39.5 Å². The molecule has 0 aromatic heterocycles. The number of carbonyl (C=O) groups is 1. The van der Waals surface area contributed by atoms with E-state index in [-0.39, 0.29) is 11.9 Å². The number of nitrogens with zero attached hydrogens (tertiary/aromatic N) is 2. The van der Waals surface area contributed by atoms with Crippen LogP contribution >= 0.6 is 27.7 Å². The number of benzene rings is 1. The minimum absolute atomic E-state index is 0.0312. The van der Waals surface area contributed by atoms with Gasteiger partial charge in [-0.25, -0.2) is 0 Å². The third-order valence-electron chi connectivity index (χ3n) is 4.49. The largest absolute Gasteiger partial charge is 0.469 e. The van der Waals surface area contributed by atoms with Crippen molar-refractivity contribution in [1.29, 1.82) is 0 Å². The Balaban J connectivity index is 1.62. The molecule has 0 radical (unpaired) electrons. The predicted molar refractivity (Wildman–Crippen MR) is 112 cm³/mol. The average Bonchev–Trinajstić information content (AvgIpc) is 2.68. The van der Waals surface area contributed by atoms with Crippen molar-refractivity contribution in [2.24, 2.45) is 10.9 Å². The van der Waals surface area contributed by atoms with Crippen molar-refractivity contribution in [3.63, 3.8) is 0 Å². The molecule has 1 aromatic carbocycles. The standard InChI is InChI=1S/C19H28BrN3O2S/c1-21-19(23-12-9-15(10-13-23)18(24)25-2)22-11-5-6-14-26-17-8-4-3-7-16(17)20/h3-4,7-8,15H,5-6,9-14H2,1-2H3,(H,21,22). The molecule has 144 valence electrons. The van der Waals surface area contributed by atoms with E-state index in [9.17, 15) is 4.79 Å². The Bertz CT molecular complexity index is 604. The van der Waals surface area contributed by atoms with Crippen LogP contribution in [0.4, 0.5) is 0 Å². The summed E-state index contributed by atoms with van der Waals surface area (Å²) in [5, 5.41) is 3.45. The van der Waals surface area contributed by atoms with Crippen molar-refractivity contribution in [3.05, 3.63) is 28.7 Å². The maximum Gasteiger partial charge on any atom is 0.308 e. The van der Waals surface area contributed by atoms with Gasteiger partial charge in [0.1, 0.15) is 0 Å². The lowest BCUT2D eigenvalue weighted by molar-refractivity contribution is -0.146. The highest BCUT2D eigenvalue weighted by Gasteiger charge is 2.26. The molecule has 0 bridgehead atoms. The third-order valence-corrected chi connectivity index (χ3v) is 6.60. The van der Waals surface area contributed by atoms with Crippen LogP contribution < -0.4 is 5.32 Å². The Morgan fingerprint density at radius 3 is 2.73 bits per heavy atom. The molecule has 0 atom stereocenters. The average molecular weight is 442 g/mol. The molecule has 1 aliphatic heterocycles. The first-order chi connectivity index (χ1) is 12.7. The van der Waals surface area contributed by atoms with Gasteiger partial charge in [-0.2, -0.15) is 0 Å². The summed E-state index contributed by atoms with van der Waals surface area (Å²) < 4.78 is 6.01. The zero-order valence-corrected chi connectivity index (χ0v) is 17.9. The van der Waals surface area contributed by atoms with E-state index in [1.165, 1.54) is 16.5 Å². The normalized spacial score (nSPS) is 15.8. The first kappa shape index (κ1) is 21.1. The van der Waals surface area contributed by atoms with Crippen LogP contribution in [0, 0.1) is 5.92 Å². The van der Waals surface area contributed by atoms with E-state index in [4.69, 9.17) is 4.74 Å². The third kappa shape index (κ3) is 6.50. The Labute approximate surface area is 169 Å². The number of hydrogen-bond acceptors (Lipinski definition) is 4. The molecule has 7 heteroatoms. The van der Waals surface area contributed by atoms with Gasteiger partial charge in [0.2, 0.25) is 0 Å². The van der Waals surface area contributed by atoms with Crippen LogP contribution in [0.1, 0.15) is 25.7 Å². The smallest absolute Gasteiger partial charge is 0.308 e. The number of methoxy groups -OCH3 is 1. The number of nitrogens with one attached hydrogen (secondary N) is 1. The summed E-state index contributed by atoms with van der Waals surface area (Å²) >= 11 is 5.47. The molecule has 1 aromatic rings. The summed E-state index contributed by atoms with van der Waals surface area (Å²) in [5.41, 5.74) is 0. The van der Waals surface area contributed by atoms with E-state index in [0.29, 0.717) is 0 Å². The molecule has 1 saturated heterocycles. The van der Waals surface area contributed by atoms with Crippen molar-refractivity contribution < 1.29 is 9.53 Å². The molecule has 1 heterocycles. The topological polar surface area (TPSA) is 53.9 Å². The fourth-order valence-electron chi connectivity index (χ4n) is 3.00. The second-order valence-corrected chi connectivity index (χ2v) is 8.24. The lowest BCUT2D eigenvalue weighted by Gasteiger charge is -2.33. The number of esters is 1. The van der Waals surface area contributed by atoms with Gasteiger partial charge in [-0.1, -0.05) is 12.1 Å². The maximum absolute atomic E-state index is 11.6. The number of piperidine rings is 1. The molecule has 1 N–H and O–H groups in total. The molecular weight excluding hydrogens is 414 g/mol. The maximum atomic E-state index is 11.6. The van der Waals surface area contributed by atoms with Gasteiger partial charge in [0.05, 0.1) is 13.0 Å². The number of guanidine groups is 1. The summed E-state index contributed by atoms with van der Waals surface area (Å²) in [4.78, 5) is 19.5. The Morgan fingerprint density at radius 2 is 2.08 bits per heavy atom. The van der Waals surface area contributed by atoms with E-state index in [1.54, 1.807) is 0 Å². The van der Waals surface area contributed by atoms with Crippen LogP contribution in [0.15, 0.2) is 38.6 Å². The molecule has 2 rings (SSSR count). The zero-order chi connectivity index (χ0) is 18.8. The lowest BCUT2D eigenvalue weighted by atomic mass is 9.97. The number of aliphatic imine (C=N–C) groups is 1. The number of carbonyl (C=O) groups excluding carboxylic acids is 1. The molecule has 1 fully saturated rings. The number of likely N-dealkylation sites (tertiary alicyclic amines) is 1. The first-order valence-corrected chi connectivity index (χ1v) is 10.8. The van der Waals surface area contributed by atoms with Gasteiger partial charge in [0.15, 0.2) is 5.96 Å². The Hall–Kier alpha value is -1.21. The van der Waals surface area contributed by atoms with Crippen molar-refractivity contribution in [2.45, 2.75) is 30.6 Å². The monoisotopic (exact) mass is 441 g/mol. The molecule has 1 aliphatic rings. The molecular formula is C19H28BrN3O2S. The van der Waals surface area contributed by atoms with Crippen LogP contribution in [0.25, 0.3) is 0 Å². The quantitative estimate of drug-likeness (QED) is 0.229. The van der Waals surface area contributed by atoms with Crippen LogP contribution in [0.2, 0.25) is 0 Å². The Kier molecular flexibility index (Phi) is 9.32. The number of halogens is 1. The molecule has 26 heavy (non-hydrogen) atoms. The highest BCUT2D eigenvalue weighted by atomic mass is 79.9. The van der Waals surface area contributed by atoms with Gasteiger partial charge in [0.25, 0.3) is 0 Å². The van der Waals surface area contributed by atoms with Crippen LogP contribution in [-0.4, -0.2) is 56.4 Å². The highest BCUT2D eigenvalue weighted by Crippen LogP contribution is 2.27. The minimum atomic E-state index is -0.0878. The van der Waals surface area contributed by atoms with E-state index >= 15 is 0 Å². The number of rotatable bonds is 7. The van der Waals surface area contributed by atoms with Gasteiger partial charge in [0, 0.05) is 36.1 Å². The fraction of sp³-hybridized carbons (Fsp3) is 0.579. The van der Waals surface area contributed by atoms with Crippen molar-refractivity contribution in [1.82, 2.24) is 10.2 Å². The summed E-state index contributed by atoms with van der Waals surface area (Å²) in [6.45, 7) is 2.61. The summed E-state index contributed by atoms with van der Waals surface area (Å²) in [5.74, 6) is 1.98. The van der Waals surface area contributed by atoms with Crippen LogP contribution in [0.3, 0.4) is 0 Å². The molecule has 0 spiro atoms. The van der Waals surface area contributed by atoms with E-state index in [2.05, 4.69) is 49.3 Å². The molecule has 0 unspecified atom stereocenters. The van der Waals surface area contributed by atoms with Crippen LogP contribution in [0.5, 0.6) is 0 Å². The Morgan fingerprint density at radius 1 is 1.35 bits per heavy atom. The van der Waals surface area contributed by atoms with Crippen molar-refractivity contribution >= 4 is 39.6 Å². The summed E-state index contributed by atoms with van der Waals surface area (Å²) in [6.07, 6.45) is 3.92. The number of unbranched alkanes of at least 4 members (excludes halogenated alkanes) is 1. The lowest BCUT2D eigenvalue weighted by Crippen LogP contribution is -2.46. The second kappa shape index (κ2) is 11.5. The van der Waals surface area contributed by atoms with Gasteiger partial charge in [-0.15, -0.1) is 11.8 Å². The first-order valence-electron chi connectivity index (χ1n) is 9.06. The minimum Gasteiger partial charge on any atom is -0.469 e. The molecule has 0 amide bonds.